The van der Waals surface area contributed by atoms with Crippen LogP contribution in [0.5, 0.6) is 5.75 Å². The van der Waals surface area contributed by atoms with Gasteiger partial charge in [-0.1, -0.05) is 30.3 Å². The second-order valence-electron chi connectivity index (χ2n) is 6.93. The molecule has 30 heavy (non-hydrogen) atoms. The van der Waals surface area contributed by atoms with Crippen LogP contribution < -0.4 is 10.1 Å². The number of anilines is 1. The minimum Gasteiger partial charge on any atom is -0.492 e. The van der Waals surface area contributed by atoms with Crippen molar-refractivity contribution in [2.45, 2.75) is 26.2 Å². The number of carbonyl (C=O) groups excluding carboxylic acids is 2. The average molecular weight is 405 g/mol. The summed E-state index contributed by atoms with van der Waals surface area (Å²) in [4.78, 5) is 25.0. The molecule has 0 saturated heterocycles. The van der Waals surface area contributed by atoms with Crippen LogP contribution in [0.2, 0.25) is 0 Å². The Morgan fingerprint density at radius 1 is 1.07 bits per heavy atom. The lowest BCUT2D eigenvalue weighted by Crippen LogP contribution is -2.22. The topological polar surface area (TPSA) is 82.4 Å². The summed E-state index contributed by atoms with van der Waals surface area (Å²) in [5, 5.41) is 7.21. The molecule has 1 heterocycles. The normalized spacial score (nSPS) is 12.3. The summed E-state index contributed by atoms with van der Waals surface area (Å²) in [6, 6.07) is 16.8. The minimum atomic E-state index is -0.587. The van der Waals surface area contributed by atoms with Crippen LogP contribution in [0.1, 0.15) is 35.1 Å². The number of nitrogens with zero attached hydrogens (tertiary/aromatic N) is 2. The molecule has 2 aromatic carbocycles. The molecular weight excluding hydrogens is 382 g/mol. The summed E-state index contributed by atoms with van der Waals surface area (Å²) < 4.78 is 12.6. The third kappa shape index (κ3) is 4.05. The van der Waals surface area contributed by atoms with Crippen LogP contribution in [0.4, 0.5) is 5.69 Å². The number of rotatable bonds is 7. The Hall–Kier alpha value is -3.61. The fourth-order valence-corrected chi connectivity index (χ4v) is 3.62. The summed E-state index contributed by atoms with van der Waals surface area (Å²) in [5.41, 5.74) is 3.66. The van der Waals surface area contributed by atoms with E-state index >= 15 is 0 Å². The van der Waals surface area contributed by atoms with E-state index in [1.165, 1.54) is 0 Å². The highest BCUT2D eigenvalue weighted by Gasteiger charge is 2.28. The first-order valence-electron chi connectivity index (χ1n) is 10.0. The fourth-order valence-electron chi connectivity index (χ4n) is 3.62. The van der Waals surface area contributed by atoms with Gasteiger partial charge in [-0.25, -0.2) is 9.48 Å². The highest BCUT2D eigenvalue weighted by molar-refractivity contribution is 5.96. The van der Waals surface area contributed by atoms with E-state index in [4.69, 9.17) is 9.47 Å². The Kier molecular flexibility index (Phi) is 5.79. The quantitative estimate of drug-likeness (QED) is 0.608. The molecule has 0 radical (unpaired) electrons. The zero-order chi connectivity index (χ0) is 20.9. The van der Waals surface area contributed by atoms with E-state index in [1.807, 2.05) is 43.3 Å². The molecule has 0 aliphatic heterocycles. The van der Waals surface area contributed by atoms with Crippen molar-refractivity contribution in [3.05, 3.63) is 71.5 Å². The van der Waals surface area contributed by atoms with Gasteiger partial charge in [-0.2, -0.15) is 5.10 Å². The van der Waals surface area contributed by atoms with Gasteiger partial charge in [0.05, 0.1) is 18.0 Å². The SMILES string of the molecule is CCOc1ccccc1NC(=O)COC(=O)c1nn(-c2ccccc2)c2c1CCC2. The summed E-state index contributed by atoms with van der Waals surface area (Å²) in [6.07, 6.45) is 2.61. The molecular formula is C23H23N3O4. The molecule has 1 aliphatic carbocycles. The van der Waals surface area contributed by atoms with Gasteiger partial charge in [0.25, 0.3) is 5.91 Å². The van der Waals surface area contributed by atoms with E-state index in [1.54, 1.807) is 22.9 Å². The maximum absolute atomic E-state index is 12.7. The van der Waals surface area contributed by atoms with Gasteiger partial charge in [-0.15, -0.1) is 0 Å². The standard InChI is InChI=1S/C23H23N3O4/c1-2-29-20-14-7-6-12-18(20)24-21(27)15-30-23(28)22-17-11-8-13-19(17)26(25-22)16-9-4-3-5-10-16/h3-7,9-10,12,14H,2,8,11,13,15H2,1H3,(H,24,27). The number of fused-ring (bicyclic) bond motifs is 1. The number of para-hydroxylation sites is 3. The summed E-state index contributed by atoms with van der Waals surface area (Å²) in [5.74, 6) is -0.454. The maximum atomic E-state index is 12.7. The predicted octanol–water partition coefficient (Wildman–Crippen LogP) is 3.56. The van der Waals surface area contributed by atoms with Gasteiger partial charge in [-0.05, 0) is 50.5 Å². The van der Waals surface area contributed by atoms with Gasteiger partial charge in [0, 0.05) is 11.3 Å². The highest BCUT2D eigenvalue weighted by Crippen LogP contribution is 2.28. The second kappa shape index (κ2) is 8.82. The highest BCUT2D eigenvalue weighted by atomic mass is 16.5. The van der Waals surface area contributed by atoms with Gasteiger partial charge in [0.1, 0.15) is 5.75 Å². The molecule has 154 valence electrons. The van der Waals surface area contributed by atoms with E-state index in [9.17, 15) is 9.59 Å². The van der Waals surface area contributed by atoms with Gasteiger partial charge in [0.2, 0.25) is 0 Å². The van der Waals surface area contributed by atoms with Crippen LogP contribution >= 0.6 is 0 Å². The summed E-state index contributed by atoms with van der Waals surface area (Å²) in [6.45, 7) is 1.96. The zero-order valence-corrected chi connectivity index (χ0v) is 16.8. The maximum Gasteiger partial charge on any atom is 0.359 e. The lowest BCUT2D eigenvalue weighted by molar-refractivity contribution is -0.119. The largest absolute Gasteiger partial charge is 0.492 e. The molecule has 0 bridgehead atoms. The molecule has 1 N–H and O–H groups in total. The smallest absolute Gasteiger partial charge is 0.359 e. The molecule has 0 spiro atoms. The number of ether oxygens (including phenoxy) is 2. The Balaban J connectivity index is 1.45. The summed E-state index contributed by atoms with van der Waals surface area (Å²) in [7, 11) is 0. The van der Waals surface area contributed by atoms with E-state index in [-0.39, 0.29) is 5.69 Å². The van der Waals surface area contributed by atoms with Crippen molar-refractivity contribution in [3.63, 3.8) is 0 Å². The van der Waals surface area contributed by atoms with E-state index in [0.29, 0.717) is 18.0 Å². The van der Waals surface area contributed by atoms with Crippen molar-refractivity contribution < 1.29 is 19.1 Å². The minimum absolute atomic E-state index is 0.286. The Labute approximate surface area is 174 Å². The summed E-state index contributed by atoms with van der Waals surface area (Å²) >= 11 is 0. The van der Waals surface area contributed by atoms with E-state index in [0.717, 1.165) is 36.2 Å². The molecule has 7 nitrogen and oxygen atoms in total. The first-order valence-corrected chi connectivity index (χ1v) is 10.0. The number of benzene rings is 2. The number of amides is 1. The number of carbonyl (C=O) groups is 2. The van der Waals surface area contributed by atoms with Crippen LogP contribution in [-0.2, 0) is 22.4 Å². The molecule has 1 aliphatic rings. The van der Waals surface area contributed by atoms with Gasteiger partial charge < -0.3 is 14.8 Å². The molecule has 4 rings (SSSR count). The molecule has 0 fully saturated rings. The van der Waals surface area contributed by atoms with Crippen molar-refractivity contribution in [2.24, 2.45) is 0 Å². The third-order valence-electron chi connectivity index (χ3n) is 4.92. The lowest BCUT2D eigenvalue weighted by atomic mass is 10.2. The fraction of sp³-hybridized carbons (Fsp3) is 0.261. The van der Waals surface area contributed by atoms with E-state index < -0.39 is 18.5 Å². The van der Waals surface area contributed by atoms with Crippen LogP contribution in [0.15, 0.2) is 54.6 Å². The van der Waals surface area contributed by atoms with Gasteiger partial charge >= 0.3 is 5.97 Å². The lowest BCUT2D eigenvalue weighted by Gasteiger charge is -2.11. The van der Waals surface area contributed by atoms with Crippen LogP contribution in [0.3, 0.4) is 0 Å². The van der Waals surface area contributed by atoms with Crippen molar-refractivity contribution in [1.29, 1.82) is 0 Å². The molecule has 0 unspecified atom stereocenters. The number of aromatic nitrogens is 2. The van der Waals surface area contributed by atoms with Crippen molar-refractivity contribution in [1.82, 2.24) is 9.78 Å². The van der Waals surface area contributed by atoms with Crippen LogP contribution in [0.25, 0.3) is 5.69 Å². The second-order valence-corrected chi connectivity index (χ2v) is 6.93. The first kappa shape index (κ1) is 19.7. The van der Waals surface area contributed by atoms with Gasteiger partial charge in [0.15, 0.2) is 12.3 Å². The number of hydrogen-bond acceptors (Lipinski definition) is 5. The molecule has 1 amide bonds. The predicted molar refractivity (Wildman–Crippen MR) is 112 cm³/mol. The Bertz CT molecular complexity index is 1060. The molecule has 3 aromatic rings. The van der Waals surface area contributed by atoms with Crippen molar-refractivity contribution in [3.8, 4) is 11.4 Å². The molecule has 1 aromatic heterocycles. The van der Waals surface area contributed by atoms with Crippen LogP contribution in [-0.4, -0.2) is 34.9 Å². The molecule has 0 saturated carbocycles. The monoisotopic (exact) mass is 405 g/mol. The Morgan fingerprint density at radius 3 is 2.63 bits per heavy atom. The number of nitrogens with one attached hydrogen (secondary N) is 1. The van der Waals surface area contributed by atoms with E-state index in [2.05, 4.69) is 10.4 Å². The molecule has 0 atom stereocenters. The third-order valence-corrected chi connectivity index (χ3v) is 4.92. The van der Waals surface area contributed by atoms with Crippen molar-refractivity contribution >= 4 is 17.6 Å². The van der Waals surface area contributed by atoms with Gasteiger partial charge in [-0.3, -0.25) is 4.79 Å². The zero-order valence-electron chi connectivity index (χ0n) is 16.8. The average Bonchev–Trinajstić information content (AvgIpc) is 3.37. The number of hydrogen-bond donors (Lipinski definition) is 1. The van der Waals surface area contributed by atoms with Crippen molar-refractivity contribution in [2.75, 3.05) is 18.5 Å². The first-order chi connectivity index (χ1) is 14.7. The number of esters is 1. The molecule has 7 heteroatoms. The Morgan fingerprint density at radius 2 is 1.83 bits per heavy atom. The van der Waals surface area contributed by atoms with Crippen LogP contribution in [0, 0.1) is 0 Å².